The number of ketones is 1. The Kier molecular flexibility index (Phi) is 2.55. The second kappa shape index (κ2) is 3.75. The minimum Gasteiger partial charge on any atom is -0.289 e. The van der Waals surface area contributed by atoms with Crippen LogP contribution in [0.5, 0.6) is 0 Å². The molecule has 0 aromatic heterocycles. The van der Waals surface area contributed by atoms with E-state index in [4.69, 9.17) is 0 Å². The molecule has 1 nitrogen and oxygen atoms in total. The van der Waals surface area contributed by atoms with E-state index in [9.17, 15) is 4.79 Å². The normalized spacial score (nSPS) is 23.6. The number of hydrogen-bond donors (Lipinski definition) is 0. The summed E-state index contributed by atoms with van der Waals surface area (Å²) in [5.41, 5.74) is 2.71. The highest BCUT2D eigenvalue weighted by molar-refractivity contribution is 6.11. The van der Waals surface area contributed by atoms with Gasteiger partial charge in [-0.05, 0) is 24.5 Å². The van der Waals surface area contributed by atoms with Gasteiger partial charge in [0.2, 0.25) is 0 Å². The van der Waals surface area contributed by atoms with Crippen molar-refractivity contribution in [1.82, 2.24) is 0 Å². The van der Waals surface area contributed by atoms with Crippen LogP contribution in [-0.2, 0) is 5.41 Å². The molecule has 1 atom stereocenters. The maximum Gasteiger partial charge on any atom is 0.188 e. The van der Waals surface area contributed by atoms with Crippen molar-refractivity contribution in [2.75, 3.05) is 0 Å². The largest absolute Gasteiger partial charge is 0.289 e. The van der Waals surface area contributed by atoms with Gasteiger partial charge in [-0.3, -0.25) is 4.79 Å². The van der Waals surface area contributed by atoms with Gasteiger partial charge < -0.3 is 0 Å². The van der Waals surface area contributed by atoms with E-state index < -0.39 is 0 Å². The first kappa shape index (κ1) is 10.9. The van der Waals surface area contributed by atoms with Crippen LogP contribution >= 0.6 is 0 Å². The number of rotatable bonds is 2. The average molecular weight is 212 g/mol. The summed E-state index contributed by atoms with van der Waals surface area (Å²) < 4.78 is 0. The van der Waals surface area contributed by atoms with E-state index in [1.165, 1.54) is 0 Å². The number of carbonyl (C=O) groups is 1. The van der Waals surface area contributed by atoms with Crippen molar-refractivity contribution in [3.05, 3.63) is 59.7 Å². The fourth-order valence-electron chi connectivity index (χ4n) is 2.48. The molecular formula is C15H16O. The highest BCUT2D eigenvalue weighted by atomic mass is 16.1. The molecule has 2 rings (SSSR count). The van der Waals surface area contributed by atoms with Gasteiger partial charge in [-0.2, -0.15) is 0 Å². The predicted octanol–water partition coefficient (Wildman–Crippen LogP) is 3.66. The molecule has 0 heterocycles. The molecular weight excluding hydrogens is 196 g/mol. The number of hydrogen-bond acceptors (Lipinski definition) is 1. The lowest BCUT2D eigenvalue weighted by atomic mass is 9.71. The van der Waals surface area contributed by atoms with E-state index in [1.807, 2.05) is 37.3 Å². The summed E-state index contributed by atoms with van der Waals surface area (Å²) >= 11 is 0. The maximum atomic E-state index is 12.0. The molecule has 0 bridgehead atoms. The number of fused-ring (bicyclic) bond motifs is 1. The fourth-order valence-corrected chi connectivity index (χ4v) is 2.48. The average Bonchev–Trinajstić information content (AvgIpc) is 2.27. The molecule has 0 radical (unpaired) electrons. The summed E-state index contributed by atoms with van der Waals surface area (Å²) in [6.45, 7) is 7.85. The van der Waals surface area contributed by atoms with Gasteiger partial charge in [-0.1, -0.05) is 43.3 Å². The van der Waals surface area contributed by atoms with Gasteiger partial charge >= 0.3 is 0 Å². The number of carbonyl (C=O) groups excluding carboxylic acids is 1. The first-order valence-corrected chi connectivity index (χ1v) is 5.53. The van der Waals surface area contributed by atoms with Crippen LogP contribution in [0, 0.1) is 0 Å². The first-order chi connectivity index (χ1) is 7.58. The number of benzene rings is 1. The molecule has 0 spiro atoms. The van der Waals surface area contributed by atoms with Gasteiger partial charge in [-0.15, -0.1) is 6.58 Å². The molecule has 1 unspecified atom stereocenters. The number of allylic oxidation sites excluding steroid dienone is 3. The predicted molar refractivity (Wildman–Crippen MR) is 66.7 cm³/mol. The van der Waals surface area contributed by atoms with Crippen LogP contribution in [-0.4, -0.2) is 5.78 Å². The lowest BCUT2D eigenvalue weighted by Gasteiger charge is -2.32. The van der Waals surface area contributed by atoms with Gasteiger partial charge in [0.15, 0.2) is 5.78 Å². The Labute approximate surface area is 96.5 Å². The Morgan fingerprint density at radius 3 is 2.75 bits per heavy atom. The smallest absolute Gasteiger partial charge is 0.188 e. The third-order valence-electron chi connectivity index (χ3n) is 3.25. The van der Waals surface area contributed by atoms with Crippen LogP contribution in [0.15, 0.2) is 48.6 Å². The van der Waals surface area contributed by atoms with E-state index in [0.29, 0.717) is 0 Å². The van der Waals surface area contributed by atoms with Crippen LogP contribution in [0.3, 0.4) is 0 Å². The zero-order valence-electron chi connectivity index (χ0n) is 9.79. The van der Waals surface area contributed by atoms with Crippen molar-refractivity contribution in [2.45, 2.75) is 25.7 Å². The minimum absolute atomic E-state index is 0.0870. The Hall–Kier alpha value is -1.63. The Bertz CT molecular complexity index is 482. The monoisotopic (exact) mass is 212 g/mol. The second-order valence-corrected chi connectivity index (χ2v) is 4.61. The summed E-state index contributed by atoms with van der Waals surface area (Å²) in [5, 5.41) is 0. The van der Waals surface area contributed by atoms with Gasteiger partial charge in [0.05, 0.1) is 0 Å². The summed E-state index contributed by atoms with van der Waals surface area (Å²) in [6, 6.07) is 7.86. The van der Waals surface area contributed by atoms with Crippen molar-refractivity contribution in [3.8, 4) is 0 Å². The zero-order chi connectivity index (χ0) is 11.8. The lowest BCUT2D eigenvalue weighted by molar-refractivity contribution is 0.102. The molecule has 0 fully saturated rings. The van der Waals surface area contributed by atoms with E-state index in [1.54, 1.807) is 0 Å². The molecule has 0 saturated carbocycles. The van der Waals surface area contributed by atoms with Crippen LogP contribution in [0.2, 0.25) is 0 Å². The van der Waals surface area contributed by atoms with Crippen molar-refractivity contribution < 1.29 is 4.79 Å². The zero-order valence-corrected chi connectivity index (χ0v) is 9.79. The molecule has 0 amide bonds. The lowest BCUT2D eigenvalue weighted by Crippen LogP contribution is -2.27. The standard InChI is InChI=1S/C15H16O/c1-4-9-15(3)10-11(2)14(16)12-7-5-6-8-13(12)15/h4-8,10H,1,9H2,2-3H3. The SMILES string of the molecule is C=CCC1(C)C=C(C)C(=O)c2ccccc21. The van der Waals surface area contributed by atoms with E-state index >= 15 is 0 Å². The summed E-state index contributed by atoms with van der Waals surface area (Å²) in [5.74, 6) is 0.150. The minimum atomic E-state index is -0.0870. The van der Waals surface area contributed by atoms with E-state index in [-0.39, 0.29) is 11.2 Å². The van der Waals surface area contributed by atoms with Gasteiger partial charge in [0.1, 0.15) is 0 Å². The second-order valence-electron chi connectivity index (χ2n) is 4.61. The molecule has 16 heavy (non-hydrogen) atoms. The molecule has 1 aromatic rings. The highest BCUT2D eigenvalue weighted by Crippen LogP contribution is 2.37. The summed E-state index contributed by atoms with van der Waals surface area (Å²) in [6.07, 6.45) is 4.84. The first-order valence-electron chi connectivity index (χ1n) is 5.53. The molecule has 1 heteroatoms. The van der Waals surface area contributed by atoms with Gasteiger partial charge in [-0.25, -0.2) is 0 Å². The van der Waals surface area contributed by atoms with Crippen LogP contribution in [0.4, 0.5) is 0 Å². The molecule has 82 valence electrons. The maximum absolute atomic E-state index is 12.0. The van der Waals surface area contributed by atoms with Crippen LogP contribution in [0.1, 0.15) is 36.2 Å². The molecule has 0 aliphatic heterocycles. The summed E-state index contributed by atoms with van der Waals surface area (Å²) in [4.78, 5) is 12.0. The summed E-state index contributed by atoms with van der Waals surface area (Å²) in [7, 11) is 0. The Morgan fingerprint density at radius 1 is 1.38 bits per heavy atom. The number of Topliss-reactive ketones (excluding diaryl/α,β-unsaturated/α-hetero) is 1. The Balaban J connectivity index is 2.65. The Morgan fingerprint density at radius 2 is 2.06 bits per heavy atom. The van der Waals surface area contributed by atoms with Gasteiger partial charge in [0.25, 0.3) is 0 Å². The van der Waals surface area contributed by atoms with Crippen molar-refractivity contribution in [3.63, 3.8) is 0 Å². The topological polar surface area (TPSA) is 17.1 Å². The van der Waals surface area contributed by atoms with Crippen molar-refractivity contribution in [1.29, 1.82) is 0 Å². The molecule has 1 aliphatic carbocycles. The highest BCUT2D eigenvalue weighted by Gasteiger charge is 2.32. The van der Waals surface area contributed by atoms with Crippen molar-refractivity contribution in [2.24, 2.45) is 0 Å². The van der Waals surface area contributed by atoms with E-state index in [2.05, 4.69) is 19.6 Å². The molecule has 1 aliphatic rings. The van der Waals surface area contributed by atoms with E-state index in [0.717, 1.165) is 23.1 Å². The third kappa shape index (κ3) is 1.53. The third-order valence-corrected chi connectivity index (χ3v) is 3.25. The molecule has 0 saturated heterocycles. The van der Waals surface area contributed by atoms with Gasteiger partial charge in [0, 0.05) is 11.0 Å². The van der Waals surface area contributed by atoms with Crippen LogP contribution in [0.25, 0.3) is 0 Å². The van der Waals surface area contributed by atoms with Crippen molar-refractivity contribution >= 4 is 5.78 Å². The fraction of sp³-hybridized carbons (Fsp3) is 0.267. The molecule has 0 N–H and O–H groups in total. The molecule has 1 aromatic carbocycles. The van der Waals surface area contributed by atoms with Crippen LogP contribution < -0.4 is 0 Å². The quantitative estimate of drug-likeness (QED) is 0.684.